The minimum Gasteiger partial charge on any atom is -0.394 e. The fourth-order valence-corrected chi connectivity index (χ4v) is 4.12. The van der Waals surface area contributed by atoms with E-state index in [-0.39, 0.29) is 0 Å². The van der Waals surface area contributed by atoms with Gasteiger partial charge in [0.1, 0.15) is 61.0 Å². The van der Waals surface area contributed by atoms with Gasteiger partial charge in [0, 0.05) is 0 Å². The van der Waals surface area contributed by atoms with Crippen molar-refractivity contribution in [2.75, 3.05) is 19.8 Å². The maximum atomic E-state index is 10.8. The van der Waals surface area contributed by atoms with Gasteiger partial charge in [0.25, 0.3) is 0 Å². The first-order valence-corrected chi connectivity index (χ1v) is 10.8. The van der Waals surface area contributed by atoms with Crippen LogP contribution in [0.4, 0.5) is 0 Å². The van der Waals surface area contributed by atoms with Crippen molar-refractivity contribution in [3.63, 3.8) is 0 Å². The fourth-order valence-electron chi connectivity index (χ4n) is 4.12. The minimum absolute atomic E-state index is 0.840. The summed E-state index contributed by atoms with van der Waals surface area (Å²) in [6, 6.07) is 0. The number of aliphatic hydroxyl groups is 13. The summed E-state index contributed by atoms with van der Waals surface area (Å²) in [5.41, 5.74) is 0. The zero-order valence-corrected chi connectivity index (χ0v) is 18.5. The van der Waals surface area contributed by atoms with Crippen LogP contribution < -0.4 is 0 Å². The van der Waals surface area contributed by atoms with E-state index in [1.54, 1.807) is 0 Å². The Labute approximate surface area is 202 Å². The molecule has 3 rings (SSSR count). The van der Waals surface area contributed by atoms with E-state index >= 15 is 0 Å². The molecule has 0 aliphatic carbocycles. The van der Waals surface area contributed by atoms with Crippen LogP contribution in [0.3, 0.4) is 0 Å². The predicted octanol–water partition coefficient (Wildman–Crippen LogP) is -8.93. The van der Waals surface area contributed by atoms with E-state index in [0.717, 1.165) is 0 Å². The van der Waals surface area contributed by atoms with Crippen molar-refractivity contribution < 1.29 is 90.1 Å². The highest BCUT2D eigenvalue weighted by atomic mass is 16.8. The van der Waals surface area contributed by atoms with Gasteiger partial charge in [-0.1, -0.05) is 0 Å². The van der Waals surface area contributed by atoms with E-state index in [9.17, 15) is 66.4 Å². The fraction of sp³-hybridized carbons (Fsp3) is 1.00. The van der Waals surface area contributed by atoms with Crippen LogP contribution in [0.5, 0.6) is 0 Å². The number of rotatable bonds is 7. The van der Waals surface area contributed by atoms with Crippen molar-refractivity contribution in [3.05, 3.63) is 0 Å². The van der Waals surface area contributed by atoms with E-state index in [1.165, 1.54) is 0 Å². The molecule has 3 aliphatic rings. The quantitative estimate of drug-likeness (QED) is 0.134. The highest BCUT2D eigenvalue weighted by molar-refractivity contribution is 5.00. The molecule has 3 fully saturated rings. The molecule has 0 amide bonds. The molecule has 36 heavy (non-hydrogen) atoms. The summed E-state index contributed by atoms with van der Waals surface area (Å²) < 4.78 is 25.2. The van der Waals surface area contributed by atoms with Gasteiger partial charge >= 0.3 is 0 Å². The van der Waals surface area contributed by atoms with E-state index in [4.69, 9.17) is 23.7 Å². The van der Waals surface area contributed by atoms with Gasteiger partial charge in [-0.25, -0.2) is 0 Å². The summed E-state index contributed by atoms with van der Waals surface area (Å²) in [6.45, 7) is -3.33. The topological polar surface area (TPSA) is 309 Å². The van der Waals surface area contributed by atoms with Crippen LogP contribution in [0.15, 0.2) is 0 Å². The number of aliphatic hydroxyl groups excluding tert-OH is 11. The van der Waals surface area contributed by atoms with Crippen LogP contribution in [0.1, 0.15) is 0 Å². The molecule has 0 spiro atoms. The lowest BCUT2D eigenvalue weighted by Crippen LogP contribution is -2.73. The lowest BCUT2D eigenvalue weighted by atomic mass is 9.93. The average Bonchev–Trinajstić information content (AvgIpc) is 2.85. The van der Waals surface area contributed by atoms with Gasteiger partial charge in [-0.15, -0.1) is 0 Å². The Balaban J connectivity index is 1.82. The Hall–Kier alpha value is -0.720. The van der Waals surface area contributed by atoms with E-state index in [0.29, 0.717) is 0 Å². The van der Waals surface area contributed by atoms with Gasteiger partial charge in [0.05, 0.1) is 19.8 Å². The highest BCUT2D eigenvalue weighted by Gasteiger charge is 2.62. The molecule has 3 saturated heterocycles. The van der Waals surface area contributed by atoms with E-state index < -0.39 is 111 Å². The molecule has 6 unspecified atom stereocenters. The third-order valence-electron chi connectivity index (χ3n) is 6.33. The lowest BCUT2D eigenvalue weighted by molar-refractivity contribution is -0.473. The van der Waals surface area contributed by atoms with Crippen molar-refractivity contribution in [1.29, 1.82) is 0 Å². The standard InChI is InChI=1S/C18H32O18/c19-1-4-6(22)7(23)9(25)15(32-4)34-13-8(24)10(26)16(35-17(13,30)3-21)36-18(31)5(2-20)33-14(29)11(27)12(18)28/h4-16,19-31H,1-3H2/t4?,5?,6-,7-,8?,9?,10?,11?,12+,13-,14+,15-,16-,17+,18+/m0/s1. The van der Waals surface area contributed by atoms with Crippen molar-refractivity contribution in [3.8, 4) is 0 Å². The molecule has 0 aromatic carbocycles. The largest absolute Gasteiger partial charge is 0.394 e. The minimum atomic E-state index is -3.10. The second kappa shape index (κ2) is 11.2. The van der Waals surface area contributed by atoms with Crippen LogP contribution in [-0.4, -0.2) is 178 Å². The lowest BCUT2D eigenvalue weighted by Gasteiger charge is -2.52. The molecule has 212 valence electrons. The summed E-state index contributed by atoms with van der Waals surface area (Å²) in [5, 5.41) is 131. The van der Waals surface area contributed by atoms with Gasteiger partial charge < -0.3 is 90.1 Å². The molecule has 18 heteroatoms. The second-order valence-corrected chi connectivity index (χ2v) is 8.73. The molecule has 0 aromatic rings. The van der Waals surface area contributed by atoms with Crippen LogP contribution in [0, 0.1) is 0 Å². The number of hydrogen-bond acceptors (Lipinski definition) is 18. The van der Waals surface area contributed by atoms with E-state index in [2.05, 4.69) is 0 Å². The molecule has 0 aromatic heterocycles. The zero-order valence-electron chi connectivity index (χ0n) is 18.5. The summed E-state index contributed by atoms with van der Waals surface area (Å²) >= 11 is 0. The SMILES string of the molecule is OCC1O[C@@H](O[C@H]2C(O)C(O)[C@H](O[C@]3(O)C(CO)O[C@@H](O)C(O)[C@H]3O)O[C@]2(O)CO)C(O)[C@@H](O)[C@H]1O. The molecule has 18 nitrogen and oxygen atoms in total. The highest BCUT2D eigenvalue weighted by Crippen LogP contribution is 2.38. The van der Waals surface area contributed by atoms with Gasteiger partial charge in [-0.2, -0.15) is 0 Å². The smallest absolute Gasteiger partial charge is 0.226 e. The molecule has 3 heterocycles. The molecule has 3 aliphatic heterocycles. The second-order valence-electron chi connectivity index (χ2n) is 8.73. The van der Waals surface area contributed by atoms with Gasteiger partial charge in [0.2, 0.25) is 11.6 Å². The predicted molar refractivity (Wildman–Crippen MR) is 104 cm³/mol. The molecule has 0 radical (unpaired) electrons. The first kappa shape index (κ1) is 29.8. The summed E-state index contributed by atoms with van der Waals surface area (Å²) in [4.78, 5) is 0. The Kier molecular flexibility index (Phi) is 9.26. The Morgan fingerprint density at radius 1 is 0.667 bits per heavy atom. The number of ether oxygens (including phenoxy) is 5. The Bertz CT molecular complexity index is 724. The summed E-state index contributed by atoms with van der Waals surface area (Å²) in [6.07, 6.45) is -26.7. The molecular formula is C18H32O18. The molecule has 15 atom stereocenters. The third kappa shape index (κ3) is 5.12. The Morgan fingerprint density at radius 2 is 1.28 bits per heavy atom. The zero-order chi connectivity index (χ0) is 27.2. The summed E-state index contributed by atoms with van der Waals surface area (Å²) in [5.74, 6) is -6.09. The molecule has 0 saturated carbocycles. The van der Waals surface area contributed by atoms with Gasteiger partial charge in [-0.3, -0.25) is 0 Å². The summed E-state index contributed by atoms with van der Waals surface area (Å²) in [7, 11) is 0. The molecular weight excluding hydrogens is 504 g/mol. The van der Waals surface area contributed by atoms with Crippen LogP contribution in [0.2, 0.25) is 0 Å². The van der Waals surface area contributed by atoms with Crippen LogP contribution >= 0.6 is 0 Å². The first-order valence-electron chi connectivity index (χ1n) is 10.8. The molecule has 0 bridgehead atoms. The maximum absolute atomic E-state index is 10.8. The van der Waals surface area contributed by atoms with Crippen molar-refractivity contribution in [1.82, 2.24) is 0 Å². The van der Waals surface area contributed by atoms with E-state index in [1.807, 2.05) is 0 Å². The van der Waals surface area contributed by atoms with Crippen molar-refractivity contribution >= 4 is 0 Å². The Morgan fingerprint density at radius 3 is 1.83 bits per heavy atom. The normalized spacial score (nSPS) is 54.4. The van der Waals surface area contributed by atoms with Gasteiger partial charge in [-0.05, 0) is 0 Å². The van der Waals surface area contributed by atoms with Crippen molar-refractivity contribution in [2.24, 2.45) is 0 Å². The van der Waals surface area contributed by atoms with Gasteiger partial charge in [0.15, 0.2) is 18.9 Å². The number of hydrogen-bond donors (Lipinski definition) is 13. The van der Waals surface area contributed by atoms with Crippen molar-refractivity contribution in [2.45, 2.75) is 91.5 Å². The van der Waals surface area contributed by atoms with Crippen LogP contribution in [0.25, 0.3) is 0 Å². The molecule has 13 N–H and O–H groups in total. The monoisotopic (exact) mass is 536 g/mol. The maximum Gasteiger partial charge on any atom is 0.226 e. The average molecular weight is 536 g/mol. The third-order valence-corrected chi connectivity index (χ3v) is 6.33. The first-order chi connectivity index (χ1) is 16.7. The van der Waals surface area contributed by atoms with Crippen LogP contribution in [-0.2, 0) is 23.7 Å².